The summed E-state index contributed by atoms with van der Waals surface area (Å²) in [6.45, 7) is 8.96. The van der Waals surface area contributed by atoms with Crippen LogP contribution in [0.3, 0.4) is 0 Å². The van der Waals surface area contributed by atoms with Crippen molar-refractivity contribution in [3.05, 3.63) is 22.2 Å². The number of hydrogen-bond acceptors (Lipinski definition) is 3. The van der Waals surface area contributed by atoms with E-state index in [0.29, 0.717) is 12.5 Å². The number of methoxy groups -OCH3 is 1. The van der Waals surface area contributed by atoms with Crippen LogP contribution in [0.4, 0.5) is 0 Å². The van der Waals surface area contributed by atoms with Crippen molar-refractivity contribution in [3.8, 4) is 11.5 Å². The van der Waals surface area contributed by atoms with Gasteiger partial charge in [0.25, 0.3) is 0 Å². The molecule has 1 aromatic carbocycles. The number of hydrogen-bond donors (Lipinski definition) is 1. The number of benzene rings is 1. The summed E-state index contributed by atoms with van der Waals surface area (Å²) in [6, 6.07) is 4.12. The van der Waals surface area contributed by atoms with Gasteiger partial charge in [-0.2, -0.15) is 0 Å². The minimum atomic E-state index is 0.488. The molecule has 108 valence electrons. The van der Waals surface area contributed by atoms with Crippen LogP contribution in [0.5, 0.6) is 11.5 Å². The summed E-state index contributed by atoms with van der Waals surface area (Å²) in [4.78, 5) is 0. The van der Waals surface area contributed by atoms with Gasteiger partial charge in [-0.25, -0.2) is 0 Å². The fraction of sp³-hybridized carbons (Fsp3) is 0.600. The minimum absolute atomic E-state index is 0.488. The lowest BCUT2D eigenvalue weighted by Gasteiger charge is -2.15. The summed E-state index contributed by atoms with van der Waals surface area (Å²) in [6.07, 6.45) is 1.13. The molecule has 1 rings (SSSR count). The van der Waals surface area contributed by atoms with Crippen molar-refractivity contribution in [1.82, 2.24) is 5.32 Å². The van der Waals surface area contributed by atoms with Gasteiger partial charge in [0.2, 0.25) is 0 Å². The van der Waals surface area contributed by atoms with E-state index in [9.17, 15) is 0 Å². The van der Waals surface area contributed by atoms with E-state index in [1.165, 1.54) is 5.56 Å². The molecule has 0 radical (unpaired) electrons. The maximum absolute atomic E-state index is 5.81. The van der Waals surface area contributed by atoms with Gasteiger partial charge in [-0.3, -0.25) is 0 Å². The van der Waals surface area contributed by atoms with Gasteiger partial charge in [0, 0.05) is 6.54 Å². The van der Waals surface area contributed by atoms with Gasteiger partial charge >= 0.3 is 0 Å². The Bertz CT molecular complexity index is 394. The van der Waals surface area contributed by atoms with E-state index in [1.54, 1.807) is 7.11 Å². The topological polar surface area (TPSA) is 30.5 Å². The SMILES string of the molecule is CCCNCc1cc(Br)c(OCC(C)C)c(OC)c1. The molecule has 0 fully saturated rings. The smallest absolute Gasteiger partial charge is 0.175 e. The van der Waals surface area contributed by atoms with E-state index in [4.69, 9.17) is 9.47 Å². The van der Waals surface area contributed by atoms with Crippen molar-refractivity contribution in [2.75, 3.05) is 20.3 Å². The summed E-state index contributed by atoms with van der Waals surface area (Å²) >= 11 is 3.57. The Morgan fingerprint density at radius 2 is 2.05 bits per heavy atom. The number of rotatable bonds is 8. The summed E-state index contributed by atoms with van der Waals surface area (Å²) in [5, 5.41) is 3.38. The van der Waals surface area contributed by atoms with E-state index in [0.717, 1.165) is 35.5 Å². The van der Waals surface area contributed by atoms with E-state index in [2.05, 4.69) is 48.1 Å². The summed E-state index contributed by atoms with van der Waals surface area (Å²) in [5.74, 6) is 2.06. The molecular weight excluding hydrogens is 306 g/mol. The zero-order valence-corrected chi connectivity index (χ0v) is 13.8. The molecule has 3 nitrogen and oxygen atoms in total. The molecule has 0 aromatic heterocycles. The van der Waals surface area contributed by atoms with Gasteiger partial charge in [0.05, 0.1) is 18.2 Å². The predicted molar refractivity (Wildman–Crippen MR) is 83.0 cm³/mol. The van der Waals surface area contributed by atoms with Crippen molar-refractivity contribution < 1.29 is 9.47 Å². The maximum atomic E-state index is 5.81. The van der Waals surface area contributed by atoms with Crippen LogP contribution >= 0.6 is 15.9 Å². The summed E-state index contributed by atoms with van der Waals surface area (Å²) < 4.78 is 12.2. The van der Waals surface area contributed by atoms with Gasteiger partial charge < -0.3 is 14.8 Å². The van der Waals surface area contributed by atoms with E-state index >= 15 is 0 Å². The van der Waals surface area contributed by atoms with Gasteiger partial charge in [-0.15, -0.1) is 0 Å². The molecule has 0 saturated heterocycles. The molecule has 0 saturated carbocycles. The second-order valence-electron chi connectivity index (χ2n) is 4.99. The van der Waals surface area contributed by atoms with Crippen LogP contribution in [0, 0.1) is 5.92 Å². The average molecular weight is 330 g/mol. The van der Waals surface area contributed by atoms with Crippen LogP contribution in [-0.2, 0) is 6.54 Å². The molecule has 0 aliphatic heterocycles. The highest BCUT2D eigenvalue weighted by molar-refractivity contribution is 9.10. The second kappa shape index (κ2) is 8.43. The molecule has 1 aromatic rings. The first-order valence-electron chi connectivity index (χ1n) is 6.78. The number of nitrogens with one attached hydrogen (secondary N) is 1. The molecule has 0 amide bonds. The van der Waals surface area contributed by atoms with E-state index in [-0.39, 0.29) is 0 Å². The lowest BCUT2D eigenvalue weighted by atomic mass is 10.2. The Morgan fingerprint density at radius 1 is 1.32 bits per heavy atom. The standard InChI is InChI=1S/C15H24BrNO2/c1-5-6-17-9-12-7-13(16)15(14(8-12)18-4)19-10-11(2)3/h7-8,11,17H,5-6,9-10H2,1-4H3. The zero-order chi connectivity index (χ0) is 14.3. The normalized spacial score (nSPS) is 10.8. The van der Waals surface area contributed by atoms with Crippen LogP contribution in [0.25, 0.3) is 0 Å². The third-order valence-corrected chi connectivity index (χ3v) is 3.20. The predicted octanol–water partition coefficient (Wildman–Crippen LogP) is 3.99. The monoisotopic (exact) mass is 329 g/mol. The fourth-order valence-electron chi connectivity index (χ4n) is 1.67. The third-order valence-electron chi connectivity index (χ3n) is 2.61. The van der Waals surface area contributed by atoms with Crippen molar-refractivity contribution >= 4 is 15.9 Å². The van der Waals surface area contributed by atoms with Crippen molar-refractivity contribution in [2.45, 2.75) is 33.7 Å². The Morgan fingerprint density at radius 3 is 2.63 bits per heavy atom. The lowest BCUT2D eigenvalue weighted by molar-refractivity contribution is 0.255. The first-order valence-corrected chi connectivity index (χ1v) is 7.57. The van der Waals surface area contributed by atoms with Crippen LogP contribution < -0.4 is 14.8 Å². The Labute approximate surface area is 124 Å². The van der Waals surface area contributed by atoms with E-state index < -0.39 is 0 Å². The van der Waals surface area contributed by atoms with Crippen molar-refractivity contribution in [2.24, 2.45) is 5.92 Å². The van der Waals surface area contributed by atoms with E-state index in [1.807, 2.05) is 6.07 Å². The Hall–Kier alpha value is -0.740. The maximum Gasteiger partial charge on any atom is 0.175 e. The van der Waals surface area contributed by atoms with Crippen LogP contribution in [0.1, 0.15) is 32.8 Å². The van der Waals surface area contributed by atoms with Crippen molar-refractivity contribution in [3.63, 3.8) is 0 Å². The first-order chi connectivity index (χ1) is 9.08. The Balaban J connectivity index is 2.81. The van der Waals surface area contributed by atoms with Gasteiger partial charge in [0.1, 0.15) is 0 Å². The van der Waals surface area contributed by atoms with Crippen LogP contribution in [-0.4, -0.2) is 20.3 Å². The molecule has 0 heterocycles. The number of ether oxygens (including phenoxy) is 2. The molecule has 0 unspecified atom stereocenters. The Kier molecular flexibility index (Phi) is 7.24. The first kappa shape index (κ1) is 16.3. The van der Waals surface area contributed by atoms with Gasteiger partial charge in [-0.1, -0.05) is 20.8 Å². The lowest BCUT2D eigenvalue weighted by Crippen LogP contribution is -2.14. The molecule has 19 heavy (non-hydrogen) atoms. The minimum Gasteiger partial charge on any atom is -0.493 e. The van der Waals surface area contributed by atoms with Crippen LogP contribution in [0.2, 0.25) is 0 Å². The molecule has 0 bridgehead atoms. The molecule has 0 aliphatic carbocycles. The molecular formula is C15H24BrNO2. The highest BCUT2D eigenvalue weighted by Gasteiger charge is 2.12. The van der Waals surface area contributed by atoms with Gasteiger partial charge in [-0.05, 0) is 52.5 Å². The largest absolute Gasteiger partial charge is 0.493 e. The molecule has 0 atom stereocenters. The fourth-order valence-corrected chi connectivity index (χ4v) is 2.28. The molecule has 4 heteroatoms. The number of halogens is 1. The highest BCUT2D eigenvalue weighted by Crippen LogP contribution is 2.36. The van der Waals surface area contributed by atoms with Crippen LogP contribution in [0.15, 0.2) is 16.6 Å². The van der Waals surface area contributed by atoms with Gasteiger partial charge in [0.15, 0.2) is 11.5 Å². The third kappa shape index (κ3) is 5.41. The average Bonchev–Trinajstić information content (AvgIpc) is 2.37. The second-order valence-corrected chi connectivity index (χ2v) is 5.84. The molecule has 0 spiro atoms. The molecule has 0 aliphatic rings. The summed E-state index contributed by atoms with van der Waals surface area (Å²) in [5.41, 5.74) is 1.19. The highest BCUT2D eigenvalue weighted by atomic mass is 79.9. The molecule has 1 N–H and O–H groups in total. The zero-order valence-electron chi connectivity index (χ0n) is 12.3. The quantitative estimate of drug-likeness (QED) is 0.731. The summed E-state index contributed by atoms with van der Waals surface area (Å²) in [7, 11) is 1.67. The van der Waals surface area contributed by atoms with Crippen molar-refractivity contribution in [1.29, 1.82) is 0 Å².